The number of amides is 1. The number of anilines is 1. The number of alkyl halides is 3. The van der Waals surface area contributed by atoms with Gasteiger partial charge in [0.25, 0.3) is 5.91 Å². The molecule has 5 nitrogen and oxygen atoms in total. The molecule has 0 fully saturated rings. The van der Waals surface area contributed by atoms with Gasteiger partial charge in [0.15, 0.2) is 6.04 Å². The maximum Gasteiger partial charge on any atom is 0.410 e. The molecule has 1 amide bonds. The molecule has 1 aromatic heterocycles. The summed E-state index contributed by atoms with van der Waals surface area (Å²) >= 11 is 0. The molecule has 0 aliphatic carbocycles. The summed E-state index contributed by atoms with van der Waals surface area (Å²) in [6.07, 6.45) is -2.97. The molecule has 0 unspecified atom stereocenters. The smallest absolute Gasteiger partial charge is 0.363 e. The van der Waals surface area contributed by atoms with E-state index < -0.39 is 24.1 Å². The number of carbonyl (C=O) groups excluding carboxylic acids is 1. The topological polar surface area (TPSA) is 50.2 Å². The van der Waals surface area contributed by atoms with Crippen molar-refractivity contribution in [1.29, 1.82) is 0 Å². The summed E-state index contributed by atoms with van der Waals surface area (Å²) in [5.74, 6) is -0.797. The fourth-order valence-corrected chi connectivity index (χ4v) is 4.47. The highest BCUT2D eigenvalue weighted by atomic mass is 19.4. The molecule has 0 radical (unpaired) electrons. The standard InChI is InChI=1S/C23H20F4N4O/c24-17-7-5-15(6-8-17)19-11-20(23(25,26)27)31-21(29-19)18(12-28-31)22(32)30-10-9-14-3-1-2-4-16(14)13-30/h1-8,12,19-20,29H,9-11,13H2/t19-,20-/m1/s1. The molecule has 32 heavy (non-hydrogen) atoms. The average molecular weight is 444 g/mol. The number of halogens is 4. The predicted octanol–water partition coefficient (Wildman–Crippen LogP) is 4.88. The van der Waals surface area contributed by atoms with Gasteiger partial charge in [0, 0.05) is 19.5 Å². The fourth-order valence-electron chi connectivity index (χ4n) is 4.47. The van der Waals surface area contributed by atoms with Gasteiger partial charge in [-0.2, -0.15) is 18.3 Å². The quantitative estimate of drug-likeness (QED) is 0.573. The van der Waals surface area contributed by atoms with Gasteiger partial charge in [-0.3, -0.25) is 4.79 Å². The summed E-state index contributed by atoms with van der Waals surface area (Å²) in [6, 6.07) is 10.5. The number of carbonyl (C=O) groups is 1. The number of benzene rings is 2. The minimum absolute atomic E-state index is 0.0387. The van der Waals surface area contributed by atoms with Crippen LogP contribution in [0.25, 0.3) is 0 Å². The summed E-state index contributed by atoms with van der Waals surface area (Å²) in [4.78, 5) is 14.9. The Kier molecular flexibility index (Phi) is 4.91. The first-order valence-electron chi connectivity index (χ1n) is 10.3. The van der Waals surface area contributed by atoms with Crippen molar-refractivity contribution in [2.45, 2.75) is 37.6 Å². The minimum atomic E-state index is -4.55. The second-order valence-electron chi connectivity index (χ2n) is 8.14. The number of hydrogen-bond donors (Lipinski definition) is 1. The molecule has 166 valence electrons. The minimum Gasteiger partial charge on any atom is -0.363 e. The Morgan fingerprint density at radius 1 is 1.06 bits per heavy atom. The lowest BCUT2D eigenvalue weighted by molar-refractivity contribution is -0.173. The van der Waals surface area contributed by atoms with Gasteiger partial charge in [0.05, 0.1) is 12.2 Å². The molecular formula is C23H20F4N4O. The molecule has 2 aromatic carbocycles. The van der Waals surface area contributed by atoms with Crippen molar-refractivity contribution in [3.8, 4) is 0 Å². The van der Waals surface area contributed by atoms with E-state index in [9.17, 15) is 22.4 Å². The number of fused-ring (bicyclic) bond motifs is 2. The molecule has 0 saturated carbocycles. The molecule has 3 aromatic rings. The lowest BCUT2D eigenvalue weighted by Crippen LogP contribution is -2.38. The fraction of sp³-hybridized carbons (Fsp3) is 0.304. The Labute approximate surface area is 181 Å². The number of rotatable bonds is 2. The Balaban J connectivity index is 1.48. The van der Waals surface area contributed by atoms with Gasteiger partial charge in [0.1, 0.15) is 17.2 Å². The van der Waals surface area contributed by atoms with Crippen LogP contribution in [-0.2, 0) is 13.0 Å². The highest BCUT2D eigenvalue weighted by molar-refractivity contribution is 5.99. The number of nitrogens with one attached hydrogen (secondary N) is 1. The van der Waals surface area contributed by atoms with E-state index in [4.69, 9.17) is 0 Å². The van der Waals surface area contributed by atoms with Crippen LogP contribution in [-0.4, -0.2) is 33.3 Å². The lowest BCUT2D eigenvalue weighted by atomic mass is 9.96. The van der Waals surface area contributed by atoms with Crippen LogP contribution in [0.3, 0.4) is 0 Å². The largest absolute Gasteiger partial charge is 0.410 e. The third-order valence-corrected chi connectivity index (χ3v) is 6.16. The molecule has 5 rings (SSSR count). The van der Waals surface area contributed by atoms with E-state index in [1.165, 1.54) is 36.0 Å². The van der Waals surface area contributed by atoms with Gasteiger partial charge in [-0.25, -0.2) is 9.07 Å². The van der Waals surface area contributed by atoms with Gasteiger partial charge in [-0.05, 0) is 35.2 Å². The molecule has 0 bridgehead atoms. The summed E-state index contributed by atoms with van der Waals surface area (Å²) in [6.45, 7) is 0.869. The van der Waals surface area contributed by atoms with E-state index in [2.05, 4.69) is 10.4 Å². The Morgan fingerprint density at radius 2 is 1.78 bits per heavy atom. The molecule has 0 spiro atoms. The first kappa shape index (κ1) is 20.5. The van der Waals surface area contributed by atoms with Crippen LogP contribution < -0.4 is 5.32 Å². The molecule has 2 aliphatic heterocycles. The van der Waals surface area contributed by atoms with Gasteiger partial charge in [0.2, 0.25) is 0 Å². The third kappa shape index (κ3) is 3.61. The second-order valence-corrected chi connectivity index (χ2v) is 8.14. The monoisotopic (exact) mass is 444 g/mol. The zero-order valence-corrected chi connectivity index (χ0v) is 16.9. The average Bonchev–Trinajstić information content (AvgIpc) is 3.21. The SMILES string of the molecule is O=C(c1cnn2c1N[C@@H](c1ccc(F)cc1)C[C@@H]2C(F)(F)F)N1CCc2ccccc2C1. The van der Waals surface area contributed by atoms with Crippen molar-refractivity contribution < 1.29 is 22.4 Å². The Morgan fingerprint density at radius 3 is 2.50 bits per heavy atom. The first-order chi connectivity index (χ1) is 15.3. The maximum atomic E-state index is 13.9. The number of hydrogen-bond acceptors (Lipinski definition) is 3. The predicted molar refractivity (Wildman–Crippen MR) is 110 cm³/mol. The Bertz CT molecular complexity index is 1160. The third-order valence-electron chi connectivity index (χ3n) is 6.16. The van der Waals surface area contributed by atoms with Crippen molar-refractivity contribution in [3.05, 3.63) is 82.8 Å². The van der Waals surface area contributed by atoms with E-state index >= 15 is 0 Å². The zero-order valence-electron chi connectivity index (χ0n) is 16.9. The van der Waals surface area contributed by atoms with Crippen LogP contribution in [0.5, 0.6) is 0 Å². The summed E-state index contributed by atoms with van der Waals surface area (Å²) in [5.41, 5.74) is 2.81. The van der Waals surface area contributed by atoms with Gasteiger partial charge >= 0.3 is 6.18 Å². The van der Waals surface area contributed by atoms with Crippen LogP contribution in [0.2, 0.25) is 0 Å². The molecule has 1 N–H and O–H groups in total. The molecule has 2 atom stereocenters. The number of aromatic nitrogens is 2. The van der Waals surface area contributed by atoms with Gasteiger partial charge in [-0.15, -0.1) is 0 Å². The second kappa shape index (κ2) is 7.65. The van der Waals surface area contributed by atoms with Crippen molar-refractivity contribution in [3.63, 3.8) is 0 Å². The molecule has 3 heterocycles. The van der Waals surface area contributed by atoms with E-state index in [0.29, 0.717) is 25.1 Å². The van der Waals surface area contributed by atoms with Crippen LogP contribution in [0.4, 0.5) is 23.4 Å². The van der Waals surface area contributed by atoms with Gasteiger partial charge in [-0.1, -0.05) is 36.4 Å². The van der Waals surface area contributed by atoms with E-state index in [1.807, 2.05) is 24.3 Å². The highest BCUT2D eigenvalue weighted by Gasteiger charge is 2.47. The summed E-state index contributed by atoms with van der Waals surface area (Å²) in [5, 5.41) is 6.99. The summed E-state index contributed by atoms with van der Waals surface area (Å²) < 4.78 is 55.8. The van der Waals surface area contributed by atoms with Crippen molar-refractivity contribution in [1.82, 2.24) is 14.7 Å². The van der Waals surface area contributed by atoms with Crippen molar-refractivity contribution in [2.75, 3.05) is 11.9 Å². The molecule has 2 aliphatic rings. The highest BCUT2D eigenvalue weighted by Crippen LogP contribution is 2.44. The summed E-state index contributed by atoms with van der Waals surface area (Å²) in [7, 11) is 0. The zero-order chi connectivity index (χ0) is 22.5. The molecule has 9 heteroatoms. The van der Waals surface area contributed by atoms with Crippen molar-refractivity contribution >= 4 is 11.7 Å². The Hall–Kier alpha value is -3.36. The number of nitrogens with zero attached hydrogens (tertiary/aromatic N) is 3. The van der Waals surface area contributed by atoms with Crippen molar-refractivity contribution in [2.24, 2.45) is 0 Å². The molecular weight excluding hydrogens is 424 g/mol. The van der Waals surface area contributed by atoms with E-state index in [1.54, 1.807) is 4.90 Å². The van der Waals surface area contributed by atoms with E-state index in [-0.39, 0.29) is 23.7 Å². The normalized spacial score (nSPS) is 20.3. The van der Waals surface area contributed by atoms with Crippen LogP contribution in [0, 0.1) is 5.82 Å². The first-order valence-corrected chi connectivity index (χ1v) is 10.3. The molecule has 0 saturated heterocycles. The lowest BCUT2D eigenvalue weighted by Gasteiger charge is -2.34. The van der Waals surface area contributed by atoms with Crippen LogP contribution in [0.15, 0.2) is 54.7 Å². The van der Waals surface area contributed by atoms with Crippen LogP contribution >= 0.6 is 0 Å². The van der Waals surface area contributed by atoms with E-state index in [0.717, 1.165) is 10.2 Å². The maximum absolute atomic E-state index is 13.9. The van der Waals surface area contributed by atoms with Crippen LogP contribution in [0.1, 0.15) is 45.6 Å². The van der Waals surface area contributed by atoms with Gasteiger partial charge < -0.3 is 10.2 Å².